The van der Waals surface area contributed by atoms with E-state index >= 15 is 0 Å². The molecule has 0 N–H and O–H groups in total. The van der Waals surface area contributed by atoms with Gasteiger partial charge in [-0.3, -0.25) is 4.90 Å². The summed E-state index contributed by atoms with van der Waals surface area (Å²) in [4.78, 5) is 4.75. The molecule has 3 aromatic rings. The fourth-order valence-corrected chi connectivity index (χ4v) is 3.58. The Morgan fingerprint density at radius 1 is 1.00 bits per heavy atom. The van der Waals surface area contributed by atoms with E-state index in [1.165, 1.54) is 5.69 Å². The van der Waals surface area contributed by atoms with Gasteiger partial charge in [-0.1, -0.05) is 29.8 Å². The van der Waals surface area contributed by atoms with Gasteiger partial charge in [0.2, 0.25) is 0 Å². The lowest BCUT2D eigenvalue weighted by Crippen LogP contribution is -2.46. The predicted octanol–water partition coefficient (Wildman–Crippen LogP) is 2.71. The number of methoxy groups -OCH3 is 1. The second-order valence-electron chi connectivity index (χ2n) is 6.84. The number of hydrogen-bond acceptors (Lipinski definition) is 6. The number of aromatic nitrogens is 4. The maximum absolute atomic E-state index is 6.12. The Balaban J connectivity index is 1.35. The molecule has 2 aromatic carbocycles. The number of hydrogen-bond donors (Lipinski definition) is 0. The lowest BCUT2D eigenvalue weighted by molar-refractivity contribution is 0.240. The van der Waals surface area contributed by atoms with Gasteiger partial charge in [0.1, 0.15) is 5.75 Å². The molecular weight excluding hydrogens is 376 g/mol. The molecule has 1 aromatic heterocycles. The third-order valence-corrected chi connectivity index (χ3v) is 5.24. The molecule has 0 unspecified atom stereocenters. The summed E-state index contributed by atoms with van der Waals surface area (Å²) in [6, 6.07) is 16.0. The number of rotatable bonds is 6. The summed E-state index contributed by atoms with van der Waals surface area (Å²) in [7, 11) is 1.67. The zero-order valence-electron chi connectivity index (χ0n) is 15.8. The van der Waals surface area contributed by atoms with Gasteiger partial charge in [-0.05, 0) is 46.3 Å². The van der Waals surface area contributed by atoms with Gasteiger partial charge in [0.25, 0.3) is 0 Å². The minimum Gasteiger partial charge on any atom is -0.497 e. The Morgan fingerprint density at radius 3 is 2.50 bits per heavy atom. The average molecular weight is 399 g/mol. The van der Waals surface area contributed by atoms with Crippen molar-refractivity contribution in [3.05, 3.63) is 64.9 Å². The van der Waals surface area contributed by atoms with Crippen LogP contribution in [0.2, 0.25) is 5.02 Å². The summed E-state index contributed by atoms with van der Waals surface area (Å²) < 4.78 is 7.08. The van der Waals surface area contributed by atoms with Crippen molar-refractivity contribution in [3.63, 3.8) is 0 Å². The van der Waals surface area contributed by atoms with Crippen LogP contribution in [0.4, 0.5) is 5.69 Å². The van der Waals surface area contributed by atoms with Crippen molar-refractivity contribution in [1.82, 2.24) is 25.1 Å². The Kier molecular flexibility index (Phi) is 5.73. The standard InChI is InChI=1S/C20H23ClN6O/c1-28-19-7-5-16(6-8-19)14-27-20(22-23-24-27)15-25-9-11-26(12-10-25)18-4-2-3-17(21)13-18/h2-8,13H,9-12,14-15H2,1H3. The van der Waals surface area contributed by atoms with Crippen molar-refractivity contribution in [2.24, 2.45) is 0 Å². The van der Waals surface area contributed by atoms with E-state index in [1.54, 1.807) is 7.11 Å². The van der Waals surface area contributed by atoms with Gasteiger partial charge in [0.05, 0.1) is 20.2 Å². The van der Waals surface area contributed by atoms with E-state index in [0.29, 0.717) is 6.54 Å². The Hall–Kier alpha value is -2.64. The fourth-order valence-electron chi connectivity index (χ4n) is 3.40. The van der Waals surface area contributed by atoms with Crippen molar-refractivity contribution in [3.8, 4) is 5.75 Å². The molecule has 0 bridgehead atoms. The van der Waals surface area contributed by atoms with Gasteiger partial charge >= 0.3 is 0 Å². The van der Waals surface area contributed by atoms with Gasteiger partial charge in [-0.15, -0.1) is 5.10 Å². The molecule has 0 spiro atoms. The van der Waals surface area contributed by atoms with Crippen molar-refractivity contribution in [2.75, 3.05) is 38.2 Å². The predicted molar refractivity (Wildman–Crippen MR) is 109 cm³/mol. The van der Waals surface area contributed by atoms with Crippen LogP contribution >= 0.6 is 11.6 Å². The molecule has 0 saturated carbocycles. The quantitative estimate of drug-likeness (QED) is 0.636. The molecule has 1 aliphatic rings. The highest BCUT2D eigenvalue weighted by atomic mass is 35.5. The number of ether oxygens (including phenoxy) is 1. The molecule has 1 fully saturated rings. The monoisotopic (exact) mass is 398 g/mol. The van der Waals surface area contributed by atoms with Gasteiger partial charge in [0, 0.05) is 36.9 Å². The van der Waals surface area contributed by atoms with Crippen molar-refractivity contribution in [1.29, 1.82) is 0 Å². The van der Waals surface area contributed by atoms with Crippen LogP contribution < -0.4 is 9.64 Å². The Bertz CT molecular complexity index is 905. The van der Waals surface area contributed by atoms with Gasteiger partial charge in [-0.25, -0.2) is 4.68 Å². The summed E-state index contributed by atoms with van der Waals surface area (Å²) in [6.07, 6.45) is 0. The van der Waals surface area contributed by atoms with Crippen LogP contribution in [0, 0.1) is 0 Å². The molecule has 8 heteroatoms. The van der Waals surface area contributed by atoms with Crippen LogP contribution in [-0.4, -0.2) is 58.4 Å². The lowest BCUT2D eigenvalue weighted by Gasteiger charge is -2.35. The molecule has 28 heavy (non-hydrogen) atoms. The first kappa shape index (κ1) is 18.7. The first-order valence-corrected chi connectivity index (χ1v) is 9.70. The highest BCUT2D eigenvalue weighted by Crippen LogP contribution is 2.21. The zero-order chi connectivity index (χ0) is 19.3. The summed E-state index contributed by atoms with van der Waals surface area (Å²) in [5.74, 6) is 1.73. The average Bonchev–Trinajstić information content (AvgIpc) is 3.16. The Labute approximate surface area is 169 Å². The van der Waals surface area contributed by atoms with Crippen LogP contribution in [0.15, 0.2) is 48.5 Å². The SMILES string of the molecule is COc1ccc(Cn2nnnc2CN2CCN(c3cccc(Cl)c3)CC2)cc1. The van der Waals surface area contributed by atoms with Crippen LogP contribution in [0.5, 0.6) is 5.75 Å². The molecule has 2 heterocycles. The number of anilines is 1. The van der Waals surface area contributed by atoms with Gasteiger partial charge < -0.3 is 9.64 Å². The summed E-state index contributed by atoms with van der Waals surface area (Å²) >= 11 is 6.12. The van der Waals surface area contributed by atoms with Crippen LogP contribution in [0.3, 0.4) is 0 Å². The fraction of sp³-hybridized carbons (Fsp3) is 0.350. The lowest BCUT2D eigenvalue weighted by atomic mass is 10.2. The van der Waals surface area contributed by atoms with Crippen molar-refractivity contribution < 1.29 is 4.74 Å². The number of nitrogens with zero attached hydrogens (tertiary/aromatic N) is 6. The molecule has 7 nitrogen and oxygen atoms in total. The van der Waals surface area contributed by atoms with E-state index in [2.05, 4.69) is 31.4 Å². The number of piperazine rings is 1. The van der Waals surface area contributed by atoms with Crippen LogP contribution in [0.25, 0.3) is 0 Å². The Morgan fingerprint density at radius 2 is 1.79 bits per heavy atom. The molecule has 1 aliphatic heterocycles. The number of benzene rings is 2. The molecule has 4 rings (SSSR count). The third kappa shape index (κ3) is 4.43. The first-order valence-electron chi connectivity index (χ1n) is 9.32. The molecule has 0 radical (unpaired) electrons. The smallest absolute Gasteiger partial charge is 0.165 e. The number of halogens is 1. The second-order valence-corrected chi connectivity index (χ2v) is 7.28. The maximum Gasteiger partial charge on any atom is 0.165 e. The van der Waals surface area contributed by atoms with E-state index < -0.39 is 0 Å². The van der Waals surface area contributed by atoms with E-state index in [4.69, 9.17) is 16.3 Å². The summed E-state index contributed by atoms with van der Waals surface area (Å²) in [5.41, 5.74) is 2.32. The van der Waals surface area contributed by atoms with E-state index in [1.807, 2.05) is 47.1 Å². The summed E-state index contributed by atoms with van der Waals surface area (Å²) in [6.45, 7) is 5.23. The van der Waals surface area contributed by atoms with Crippen molar-refractivity contribution in [2.45, 2.75) is 13.1 Å². The largest absolute Gasteiger partial charge is 0.497 e. The minimum atomic E-state index is 0.648. The highest BCUT2D eigenvalue weighted by Gasteiger charge is 2.19. The van der Waals surface area contributed by atoms with Crippen molar-refractivity contribution >= 4 is 17.3 Å². The first-order chi connectivity index (χ1) is 13.7. The molecule has 0 atom stereocenters. The van der Waals surface area contributed by atoms with Gasteiger partial charge in [0.15, 0.2) is 5.82 Å². The molecule has 1 saturated heterocycles. The van der Waals surface area contributed by atoms with E-state index in [9.17, 15) is 0 Å². The maximum atomic E-state index is 6.12. The highest BCUT2D eigenvalue weighted by molar-refractivity contribution is 6.30. The molecule has 0 amide bonds. The van der Waals surface area contributed by atoms with Gasteiger partial charge in [-0.2, -0.15) is 0 Å². The van der Waals surface area contributed by atoms with E-state index in [0.717, 1.165) is 54.9 Å². The molecule has 146 valence electrons. The summed E-state index contributed by atoms with van der Waals surface area (Å²) in [5, 5.41) is 13.0. The molecular formula is C20H23ClN6O. The third-order valence-electron chi connectivity index (χ3n) is 5.01. The second kappa shape index (κ2) is 8.58. The zero-order valence-corrected chi connectivity index (χ0v) is 16.6. The minimum absolute atomic E-state index is 0.648. The van der Waals surface area contributed by atoms with Crippen LogP contribution in [-0.2, 0) is 13.1 Å². The van der Waals surface area contributed by atoms with Crippen LogP contribution in [0.1, 0.15) is 11.4 Å². The number of tetrazole rings is 1. The van der Waals surface area contributed by atoms with E-state index in [-0.39, 0.29) is 0 Å². The normalized spacial score (nSPS) is 15.0. The molecule has 0 aliphatic carbocycles. The topological polar surface area (TPSA) is 59.3 Å².